The van der Waals surface area contributed by atoms with E-state index in [0.717, 1.165) is 11.8 Å². The van der Waals surface area contributed by atoms with E-state index >= 15 is 0 Å². The lowest BCUT2D eigenvalue weighted by molar-refractivity contribution is 0.459. The quantitative estimate of drug-likeness (QED) is 0.913. The molecule has 17 heavy (non-hydrogen) atoms. The van der Waals surface area contributed by atoms with Crippen LogP contribution in [0, 0.1) is 5.82 Å². The van der Waals surface area contributed by atoms with Crippen molar-refractivity contribution in [2.75, 3.05) is 0 Å². The second-order valence-corrected chi connectivity index (χ2v) is 3.79. The molecule has 0 radical (unpaired) electrons. The third kappa shape index (κ3) is 2.93. The Morgan fingerprint density at radius 1 is 1.29 bits per heavy atom. The second-order valence-electron chi connectivity index (χ2n) is 3.39. The average Bonchev–Trinajstić information content (AvgIpc) is 2.34. The van der Waals surface area contributed by atoms with Gasteiger partial charge in [-0.1, -0.05) is 17.7 Å². The highest BCUT2D eigenvalue weighted by atomic mass is 35.5. The Balaban J connectivity index is 2.21. The Bertz CT molecular complexity index is 516. The third-order valence-corrected chi connectivity index (χ3v) is 2.44. The number of nitrogens with zero attached hydrogens (tertiary/aromatic N) is 1. The van der Waals surface area contributed by atoms with Crippen molar-refractivity contribution >= 4 is 11.6 Å². The summed E-state index contributed by atoms with van der Waals surface area (Å²) < 4.78 is 18.1. The van der Waals surface area contributed by atoms with Crippen molar-refractivity contribution in [2.24, 2.45) is 5.73 Å². The fourth-order valence-corrected chi connectivity index (χ4v) is 1.53. The summed E-state index contributed by atoms with van der Waals surface area (Å²) in [7, 11) is 0. The zero-order valence-corrected chi connectivity index (χ0v) is 9.62. The fourth-order valence-electron chi connectivity index (χ4n) is 1.29. The molecule has 0 amide bonds. The zero-order valence-electron chi connectivity index (χ0n) is 8.86. The molecule has 0 atom stereocenters. The molecule has 0 bridgehead atoms. The summed E-state index contributed by atoms with van der Waals surface area (Å²) in [6.07, 6.45) is 1.08. The molecule has 0 aliphatic carbocycles. The van der Waals surface area contributed by atoms with E-state index in [1.807, 2.05) is 6.07 Å². The van der Waals surface area contributed by atoms with Crippen molar-refractivity contribution in [3.05, 3.63) is 52.9 Å². The van der Waals surface area contributed by atoms with E-state index in [-0.39, 0.29) is 5.88 Å². The highest BCUT2D eigenvalue weighted by molar-refractivity contribution is 6.32. The molecule has 3 nitrogen and oxygen atoms in total. The van der Waals surface area contributed by atoms with Crippen molar-refractivity contribution in [2.45, 2.75) is 6.54 Å². The standard InChI is InChI=1S/C12H10ClFN2O/c13-10-5-8(6-15)1-3-11(10)17-12-4-2-9(14)7-16-12/h1-5,7H,6,15H2. The first-order valence-electron chi connectivity index (χ1n) is 4.97. The third-order valence-electron chi connectivity index (χ3n) is 2.15. The molecule has 2 rings (SSSR count). The summed E-state index contributed by atoms with van der Waals surface area (Å²) in [5, 5.41) is 0.444. The fraction of sp³-hybridized carbons (Fsp3) is 0.0833. The largest absolute Gasteiger partial charge is 0.437 e. The van der Waals surface area contributed by atoms with Crippen molar-refractivity contribution in [3.63, 3.8) is 0 Å². The number of benzene rings is 1. The van der Waals surface area contributed by atoms with Gasteiger partial charge in [0.25, 0.3) is 0 Å². The van der Waals surface area contributed by atoms with Crippen molar-refractivity contribution in [1.29, 1.82) is 0 Å². The number of rotatable bonds is 3. The molecule has 2 aromatic rings. The maximum absolute atomic E-state index is 12.6. The molecule has 0 aliphatic heterocycles. The highest BCUT2D eigenvalue weighted by Gasteiger charge is 2.05. The average molecular weight is 253 g/mol. The molecule has 5 heteroatoms. The number of hydrogen-bond acceptors (Lipinski definition) is 3. The molecular formula is C12H10ClFN2O. The minimum absolute atomic E-state index is 0.286. The predicted molar refractivity (Wildman–Crippen MR) is 63.6 cm³/mol. The number of pyridine rings is 1. The van der Waals surface area contributed by atoms with Gasteiger partial charge in [-0.15, -0.1) is 0 Å². The topological polar surface area (TPSA) is 48.1 Å². The maximum atomic E-state index is 12.6. The lowest BCUT2D eigenvalue weighted by Crippen LogP contribution is -1.96. The lowest BCUT2D eigenvalue weighted by atomic mass is 10.2. The van der Waals surface area contributed by atoms with Gasteiger partial charge in [-0.05, 0) is 23.8 Å². The molecule has 0 saturated heterocycles. The minimum Gasteiger partial charge on any atom is -0.437 e. The molecule has 1 aromatic heterocycles. The van der Waals surface area contributed by atoms with Crippen LogP contribution >= 0.6 is 11.6 Å². The predicted octanol–water partition coefficient (Wildman–Crippen LogP) is 3.13. The van der Waals surface area contributed by atoms with Gasteiger partial charge in [0.2, 0.25) is 5.88 Å². The number of halogens is 2. The second kappa shape index (κ2) is 5.12. The van der Waals surface area contributed by atoms with Gasteiger partial charge in [-0.2, -0.15) is 0 Å². The first-order valence-corrected chi connectivity index (χ1v) is 5.35. The Kier molecular flexibility index (Phi) is 3.56. The molecule has 0 saturated carbocycles. The molecule has 0 fully saturated rings. The summed E-state index contributed by atoms with van der Waals surface area (Å²) in [6.45, 7) is 0.412. The molecule has 2 N–H and O–H groups in total. The van der Waals surface area contributed by atoms with Crippen molar-refractivity contribution in [1.82, 2.24) is 4.98 Å². The van der Waals surface area contributed by atoms with Crippen LogP contribution in [0.2, 0.25) is 5.02 Å². The summed E-state index contributed by atoms with van der Waals surface area (Å²) in [6, 6.07) is 7.94. The molecular weight excluding hydrogens is 243 g/mol. The molecule has 0 unspecified atom stereocenters. The van der Waals surface area contributed by atoms with E-state index in [0.29, 0.717) is 17.3 Å². The van der Waals surface area contributed by atoms with Gasteiger partial charge in [0, 0.05) is 12.6 Å². The highest BCUT2D eigenvalue weighted by Crippen LogP contribution is 2.29. The first-order chi connectivity index (χ1) is 8.19. The van der Waals surface area contributed by atoms with Gasteiger partial charge < -0.3 is 10.5 Å². The molecule has 1 heterocycles. The Morgan fingerprint density at radius 2 is 2.12 bits per heavy atom. The van der Waals surface area contributed by atoms with Gasteiger partial charge in [-0.3, -0.25) is 0 Å². The summed E-state index contributed by atoms with van der Waals surface area (Å²) >= 11 is 6.01. The van der Waals surface area contributed by atoms with Crippen LogP contribution in [0.1, 0.15) is 5.56 Å². The minimum atomic E-state index is -0.415. The van der Waals surface area contributed by atoms with Crippen molar-refractivity contribution < 1.29 is 9.13 Å². The first kappa shape index (κ1) is 11.8. The maximum Gasteiger partial charge on any atom is 0.219 e. The molecule has 1 aromatic carbocycles. The summed E-state index contributed by atoms with van der Waals surface area (Å²) in [5.41, 5.74) is 6.40. The number of aromatic nitrogens is 1. The van der Waals surface area contributed by atoms with E-state index in [4.69, 9.17) is 22.1 Å². The van der Waals surface area contributed by atoms with Crippen LogP contribution in [0.3, 0.4) is 0 Å². The zero-order chi connectivity index (χ0) is 12.3. The van der Waals surface area contributed by atoms with Crippen LogP contribution in [0.25, 0.3) is 0 Å². The summed E-state index contributed by atoms with van der Waals surface area (Å²) in [5.74, 6) is 0.332. The van der Waals surface area contributed by atoms with Crippen molar-refractivity contribution in [3.8, 4) is 11.6 Å². The van der Waals surface area contributed by atoms with E-state index in [1.54, 1.807) is 12.1 Å². The van der Waals surface area contributed by atoms with Crippen LogP contribution in [0.5, 0.6) is 11.6 Å². The Hall–Kier alpha value is -1.65. The van der Waals surface area contributed by atoms with Gasteiger partial charge in [-0.25, -0.2) is 9.37 Å². The van der Waals surface area contributed by atoms with E-state index in [9.17, 15) is 4.39 Å². The molecule has 0 spiro atoms. The van der Waals surface area contributed by atoms with Crippen LogP contribution in [-0.4, -0.2) is 4.98 Å². The van der Waals surface area contributed by atoms with Crippen LogP contribution in [0.15, 0.2) is 36.5 Å². The normalized spacial score (nSPS) is 10.3. The SMILES string of the molecule is NCc1ccc(Oc2ccc(F)cn2)c(Cl)c1. The van der Waals surface area contributed by atoms with Crippen LogP contribution < -0.4 is 10.5 Å². The van der Waals surface area contributed by atoms with Crippen LogP contribution in [-0.2, 0) is 6.54 Å². The van der Waals surface area contributed by atoms with Gasteiger partial charge in [0.1, 0.15) is 11.6 Å². The van der Waals surface area contributed by atoms with E-state index in [1.165, 1.54) is 12.1 Å². The Labute approximate surface area is 103 Å². The molecule has 88 valence electrons. The molecule has 0 aliphatic rings. The van der Waals surface area contributed by atoms with Gasteiger partial charge in [0.15, 0.2) is 0 Å². The number of nitrogens with two attached hydrogens (primary N) is 1. The van der Waals surface area contributed by atoms with E-state index < -0.39 is 5.82 Å². The van der Waals surface area contributed by atoms with Gasteiger partial charge in [0.05, 0.1) is 11.2 Å². The summed E-state index contributed by atoms with van der Waals surface area (Å²) in [4.78, 5) is 3.78. The number of ether oxygens (including phenoxy) is 1. The lowest BCUT2D eigenvalue weighted by Gasteiger charge is -2.07. The van der Waals surface area contributed by atoms with Crippen LogP contribution in [0.4, 0.5) is 4.39 Å². The smallest absolute Gasteiger partial charge is 0.219 e. The van der Waals surface area contributed by atoms with Gasteiger partial charge >= 0.3 is 0 Å². The number of hydrogen-bond donors (Lipinski definition) is 1. The van der Waals surface area contributed by atoms with E-state index in [2.05, 4.69) is 4.98 Å². The Morgan fingerprint density at radius 3 is 2.71 bits per heavy atom. The monoisotopic (exact) mass is 252 g/mol.